The van der Waals surface area contributed by atoms with E-state index >= 15 is 0 Å². The second kappa shape index (κ2) is 8.55. The molecule has 0 aliphatic carbocycles. The number of aryl methyl sites for hydroxylation is 1. The summed E-state index contributed by atoms with van der Waals surface area (Å²) in [7, 11) is 0. The average molecular weight is 299 g/mol. The minimum Gasteiger partial charge on any atom is -0.466 e. The SMILES string of the molecule is CCOC(=O)CCNCC(=O)Nc1cc(Cl)ccc1C. The molecule has 0 aliphatic heterocycles. The van der Waals surface area contributed by atoms with Crippen LogP contribution in [0.25, 0.3) is 0 Å². The molecular formula is C14H19ClN2O3. The van der Waals surface area contributed by atoms with Crippen molar-refractivity contribution in [2.24, 2.45) is 0 Å². The average Bonchev–Trinajstić information content (AvgIpc) is 2.39. The van der Waals surface area contributed by atoms with Crippen molar-refractivity contribution >= 4 is 29.2 Å². The maximum Gasteiger partial charge on any atom is 0.307 e. The van der Waals surface area contributed by atoms with Crippen LogP contribution in [0.3, 0.4) is 0 Å². The van der Waals surface area contributed by atoms with Crippen LogP contribution in [0, 0.1) is 6.92 Å². The van der Waals surface area contributed by atoms with E-state index in [1.165, 1.54) is 0 Å². The third-order valence-electron chi connectivity index (χ3n) is 2.57. The van der Waals surface area contributed by atoms with Gasteiger partial charge in [-0.15, -0.1) is 0 Å². The lowest BCUT2D eigenvalue weighted by Gasteiger charge is -2.09. The van der Waals surface area contributed by atoms with Crippen molar-refractivity contribution < 1.29 is 14.3 Å². The summed E-state index contributed by atoms with van der Waals surface area (Å²) < 4.78 is 4.78. The highest BCUT2D eigenvalue weighted by atomic mass is 35.5. The van der Waals surface area contributed by atoms with E-state index in [0.29, 0.717) is 23.9 Å². The molecule has 1 aromatic carbocycles. The number of esters is 1. The molecule has 0 heterocycles. The summed E-state index contributed by atoms with van der Waals surface area (Å²) in [6.07, 6.45) is 0.247. The zero-order chi connectivity index (χ0) is 15.0. The maximum absolute atomic E-state index is 11.7. The first kappa shape index (κ1) is 16.5. The summed E-state index contributed by atoms with van der Waals surface area (Å²) in [6, 6.07) is 5.31. The summed E-state index contributed by atoms with van der Waals surface area (Å²) >= 11 is 5.87. The molecule has 0 fully saturated rings. The molecule has 0 bridgehead atoms. The van der Waals surface area contributed by atoms with Crippen molar-refractivity contribution in [1.29, 1.82) is 0 Å². The fourth-order valence-electron chi connectivity index (χ4n) is 1.55. The van der Waals surface area contributed by atoms with E-state index < -0.39 is 0 Å². The van der Waals surface area contributed by atoms with Gasteiger partial charge in [-0.3, -0.25) is 9.59 Å². The number of hydrogen-bond acceptors (Lipinski definition) is 4. The highest BCUT2D eigenvalue weighted by Gasteiger charge is 2.06. The summed E-state index contributed by atoms with van der Waals surface area (Å²) in [6.45, 7) is 4.55. The van der Waals surface area contributed by atoms with Crippen molar-refractivity contribution in [3.8, 4) is 0 Å². The number of anilines is 1. The Labute approximate surface area is 123 Å². The van der Waals surface area contributed by atoms with Gasteiger partial charge in [0.1, 0.15) is 0 Å². The Bertz CT molecular complexity index is 477. The van der Waals surface area contributed by atoms with Crippen LogP contribution in [-0.4, -0.2) is 31.6 Å². The van der Waals surface area contributed by atoms with E-state index in [2.05, 4.69) is 10.6 Å². The van der Waals surface area contributed by atoms with Crippen LogP contribution in [0.4, 0.5) is 5.69 Å². The van der Waals surface area contributed by atoms with Gasteiger partial charge in [0.05, 0.1) is 19.6 Å². The molecule has 0 atom stereocenters. The molecular weight excluding hydrogens is 280 g/mol. The van der Waals surface area contributed by atoms with Crippen LogP contribution in [0.15, 0.2) is 18.2 Å². The summed E-state index contributed by atoms with van der Waals surface area (Å²) in [5, 5.41) is 6.22. The second-order valence-corrected chi connectivity index (χ2v) is 4.68. The van der Waals surface area contributed by atoms with E-state index in [0.717, 1.165) is 5.56 Å². The monoisotopic (exact) mass is 298 g/mol. The first-order chi connectivity index (χ1) is 9.52. The van der Waals surface area contributed by atoms with Gasteiger partial charge in [0.2, 0.25) is 5.91 Å². The zero-order valence-corrected chi connectivity index (χ0v) is 12.4. The third-order valence-corrected chi connectivity index (χ3v) is 2.81. The first-order valence-electron chi connectivity index (χ1n) is 6.45. The fraction of sp³-hybridized carbons (Fsp3) is 0.429. The van der Waals surface area contributed by atoms with Gasteiger partial charge in [0.15, 0.2) is 0 Å². The quantitative estimate of drug-likeness (QED) is 0.598. The van der Waals surface area contributed by atoms with E-state index in [9.17, 15) is 9.59 Å². The van der Waals surface area contributed by atoms with Crippen molar-refractivity contribution in [1.82, 2.24) is 5.32 Å². The maximum atomic E-state index is 11.7. The van der Waals surface area contributed by atoms with Crippen LogP contribution in [0.5, 0.6) is 0 Å². The number of amides is 1. The highest BCUT2D eigenvalue weighted by molar-refractivity contribution is 6.31. The summed E-state index contributed by atoms with van der Waals surface area (Å²) in [4.78, 5) is 22.8. The van der Waals surface area contributed by atoms with Gasteiger partial charge in [-0.2, -0.15) is 0 Å². The molecule has 0 saturated heterocycles. The Morgan fingerprint density at radius 3 is 2.80 bits per heavy atom. The topological polar surface area (TPSA) is 67.4 Å². The first-order valence-corrected chi connectivity index (χ1v) is 6.83. The molecule has 0 aliphatic rings. The van der Waals surface area contributed by atoms with Crippen LogP contribution < -0.4 is 10.6 Å². The van der Waals surface area contributed by atoms with Crippen LogP contribution in [0.1, 0.15) is 18.9 Å². The summed E-state index contributed by atoms with van der Waals surface area (Å²) in [5.41, 5.74) is 1.63. The van der Waals surface area contributed by atoms with Crippen LogP contribution in [-0.2, 0) is 14.3 Å². The minimum atomic E-state index is -0.272. The molecule has 110 valence electrons. The Kier molecular flexibility index (Phi) is 7.04. The van der Waals surface area contributed by atoms with Gasteiger partial charge in [-0.05, 0) is 31.5 Å². The Morgan fingerprint density at radius 2 is 2.10 bits per heavy atom. The fourth-order valence-corrected chi connectivity index (χ4v) is 1.72. The molecule has 6 heteroatoms. The van der Waals surface area contributed by atoms with Gasteiger partial charge < -0.3 is 15.4 Å². The number of halogens is 1. The van der Waals surface area contributed by atoms with Crippen molar-refractivity contribution in [3.63, 3.8) is 0 Å². The summed E-state index contributed by atoms with van der Waals surface area (Å²) in [5.74, 6) is -0.453. The van der Waals surface area contributed by atoms with Crippen molar-refractivity contribution in [2.45, 2.75) is 20.3 Å². The number of hydrogen-bond donors (Lipinski definition) is 2. The van der Waals surface area contributed by atoms with Crippen LogP contribution in [0.2, 0.25) is 5.02 Å². The molecule has 1 amide bonds. The lowest BCUT2D eigenvalue weighted by molar-refractivity contribution is -0.143. The van der Waals surface area contributed by atoms with Gasteiger partial charge in [-0.1, -0.05) is 17.7 Å². The lowest BCUT2D eigenvalue weighted by Crippen LogP contribution is -2.30. The number of carbonyl (C=O) groups excluding carboxylic acids is 2. The molecule has 1 rings (SSSR count). The molecule has 1 aromatic rings. The van der Waals surface area contributed by atoms with Gasteiger partial charge in [-0.25, -0.2) is 0 Å². The molecule has 0 saturated carbocycles. The van der Waals surface area contributed by atoms with E-state index in [4.69, 9.17) is 16.3 Å². The largest absolute Gasteiger partial charge is 0.466 e. The number of ether oxygens (including phenoxy) is 1. The van der Waals surface area contributed by atoms with Crippen molar-refractivity contribution in [2.75, 3.05) is 25.0 Å². The molecule has 0 aromatic heterocycles. The van der Waals surface area contributed by atoms with Gasteiger partial charge in [0.25, 0.3) is 0 Å². The number of carbonyl (C=O) groups is 2. The van der Waals surface area contributed by atoms with Crippen molar-refractivity contribution in [3.05, 3.63) is 28.8 Å². The zero-order valence-electron chi connectivity index (χ0n) is 11.7. The second-order valence-electron chi connectivity index (χ2n) is 4.24. The smallest absolute Gasteiger partial charge is 0.307 e. The minimum absolute atomic E-state index is 0.130. The number of nitrogens with one attached hydrogen (secondary N) is 2. The Morgan fingerprint density at radius 1 is 1.35 bits per heavy atom. The molecule has 2 N–H and O–H groups in total. The van der Waals surface area contributed by atoms with E-state index in [-0.39, 0.29) is 24.8 Å². The number of benzene rings is 1. The molecule has 0 spiro atoms. The number of rotatable bonds is 7. The standard InChI is InChI=1S/C14H19ClN2O3/c1-3-20-14(19)6-7-16-9-13(18)17-12-8-11(15)5-4-10(12)2/h4-5,8,16H,3,6-7,9H2,1-2H3,(H,17,18). The Hall–Kier alpha value is -1.59. The highest BCUT2D eigenvalue weighted by Crippen LogP contribution is 2.19. The van der Waals surface area contributed by atoms with E-state index in [1.807, 2.05) is 13.0 Å². The van der Waals surface area contributed by atoms with Gasteiger partial charge in [0, 0.05) is 17.3 Å². The van der Waals surface area contributed by atoms with Crippen LogP contribution >= 0.6 is 11.6 Å². The van der Waals surface area contributed by atoms with E-state index in [1.54, 1.807) is 19.1 Å². The molecule has 0 unspecified atom stereocenters. The molecule has 5 nitrogen and oxygen atoms in total. The van der Waals surface area contributed by atoms with Gasteiger partial charge >= 0.3 is 5.97 Å². The normalized spacial score (nSPS) is 10.2. The predicted molar refractivity (Wildman–Crippen MR) is 78.9 cm³/mol. The molecule has 0 radical (unpaired) electrons. The molecule has 20 heavy (non-hydrogen) atoms. The Balaban J connectivity index is 2.30. The third kappa shape index (κ3) is 6.04. The predicted octanol–water partition coefficient (Wildman–Crippen LogP) is 2.13. The lowest BCUT2D eigenvalue weighted by atomic mass is 10.2.